The van der Waals surface area contributed by atoms with Crippen LogP contribution in [0.25, 0.3) is 0 Å². The van der Waals surface area contributed by atoms with Crippen molar-refractivity contribution in [2.45, 2.75) is 20.8 Å². The fraction of sp³-hybridized carbons (Fsp3) is 0.176. The molecule has 0 aliphatic carbocycles. The largest absolute Gasteiger partial charge is 0.507 e. The Morgan fingerprint density at radius 3 is 2.10 bits per heavy atom. The molecule has 0 aliphatic heterocycles. The molecule has 108 valence electrons. The topological polar surface area (TPSA) is 74.6 Å². The van der Waals surface area contributed by atoms with E-state index in [2.05, 4.69) is 0 Å². The first-order chi connectivity index (χ1) is 9.84. The fourth-order valence-corrected chi connectivity index (χ4v) is 2.36. The van der Waals surface area contributed by atoms with Gasteiger partial charge in [-0.1, -0.05) is 24.3 Å². The lowest BCUT2D eigenvalue weighted by Gasteiger charge is -2.13. The maximum atomic E-state index is 12.7. The third-order valence-corrected chi connectivity index (χ3v) is 3.64. The Morgan fingerprint density at radius 2 is 1.52 bits per heavy atom. The van der Waals surface area contributed by atoms with E-state index in [0.717, 1.165) is 5.56 Å². The van der Waals surface area contributed by atoms with Gasteiger partial charge in [0.25, 0.3) is 0 Å². The number of hydrogen-bond acceptors (Lipinski definition) is 3. The number of carbonyl (C=O) groups excluding carboxylic acids is 1. The maximum Gasteiger partial charge on any atom is 0.336 e. The standard InChI is InChI=1S/C17H16O4/c1-9-8-10(2)14(15(18)11(9)3)16(19)12-6-4-5-7-13(12)17(20)21/h4-8,18H,1-3H3,(H,20,21). The quantitative estimate of drug-likeness (QED) is 0.848. The minimum absolute atomic E-state index is 0.0699. The molecule has 0 bridgehead atoms. The van der Waals surface area contributed by atoms with E-state index in [1.807, 2.05) is 13.0 Å². The number of aromatic hydroxyl groups is 1. The number of carboxylic acid groups (broad SMARTS) is 1. The van der Waals surface area contributed by atoms with Crippen LogP contribution in [0.3, 0.4) is 0 Å². The second kappa shape index (κ2) is 5.40. The summed E-state index contributed by atoms with van der Waals surface area (Å²) in [5.74, 6) is -1.73. The van der Waals surface area contributed by atoms with E-state index in [0.29, 0.717) is 11.1 Å². The molecule has 0 atom stereocenters. The van der Waals surface area contributed by atoms with Gasteiger partial charge in [0.15, 0.2) is 5.78 Å². The van der Waals surface area contributed by atoms with Crippen LogP contribution in [0.5, 0.6) is 5.75 Å². The van der Waals surface area contributed by atoms with E-state index in [-0.39, 0.29) is 22.4 Å². The molecule has 21 heavy (non-hydrogen) atoms. The Morgan fingerprint density at radius 1 is 0.952 bits per heavy atom. The van der Waals surface area contributed by atoms with Gasteiger partial charge in [-0.05, 0) is 43.5 Å². The highest BCUT2D eigenvalue weighted by molar-refractivity contribution is 6.16. The molecule has 0 saturated heterocycles. The van der Waals surface area contributed by atoms with Crippen molar-refractivity contribution in [1.82, 2.24) is 0 Å². The molecule has 0 heterocycles. The molecule has 4 heteroatoms. The fourth-order valence-electron chi connectivity index (χ4n) is 2.36. The van der Waals surface area contributed by atoms with Crippen molar-refractivity contribution in [3.63, 3.8) is 0 Å². The zero-order valence-corrected chi connectivity index (χ0v) is 12.1. The van der Waals surface area contributed by atoms with Gasteiger partial charge in [0.1, 0.15) is 5.75 Å². The van der Waals surface area contributed by atoms with Crippen LogP contribution >= 0.6 is 0 Å². The predicted molar refractivity (Wildman–Crippen MR) is 79.2 cm³/mol. The molecular weight excluding hydrogens is 268 g/mol. The molecule has 0 aliphatic rings. The molecular formula is C17H16O4. The number of hydrogen-bond donors (Lipinski definition) is 2. The summed E-state index contributed by atoms with van der Waals surface area (Å²) in [6.07, 6.45) is 0. The van der Waals surface area contributed by atoms with Gasteiger partial charge in [-0.3, -0.25) is 4.79 Å². The van der Waals surface area contributed by atoms with Crippen molar-refractivity contribution in [2.24, 2.45) is 0 Å². The van der Waals surface area contributed by atoms with Crippen LogP contribution in [0.4, 0.5) is 0 Å². The normalized spacial score (nSPS) is 10.4. The SMILES string of the molecule is Cc1cc(C)c(C(=O)c2ccccc2C(=O)O)c(O)c1C. The van der Waals surface area contributed by atoms with Gasteiger partial charge >= 0.3 is 5.97 Å². The van der Waals surface area contributed by atoms with Crippen LogP contribution in [-0.2, 0) is 0 Å². The third kappa shape index (κ3) is 2.52. The Labute approximate surface area is 122 Å². The Balaban J connectivity index is 2.67. The first-order valence-corrected chi connectivity index (χ1v) is 6.51. The lowest BCUT2D eigenvalue weighted by molar-refractivity contribution is 0.0692. The van der Waals surface area contributed by atoms with Gasteiger partial charge in [0, 0.05) is 5.56 Å². The van der Waals surface area contributed by atoms with Gasteiger partial charge in [-0.2, -0.15) is 0 Å². The summed E-state index contributed by atoms with van der Waals surface area (Å²) in [6.45, 7) is 5.30. The Hall–Kier alpha value is -2.62. The number of phenols is 1. The van der Waals surface area contributed by atoms with Crippen molar-refractivity contribution in [3.8, 4) is 5.75 Å². The smallest absolute Gasteiger partial charge is 0.336 e. The molecule has 2 aromatic carbocycles. The van der Waals surface area contributed by atoms with Crippen LogP contribution in [0.2, 0.25) is 0 Å². The first kappa shape index (κ1) is 14.8. The van der Waals surface area contributed by atoms with Crippen LogP contribution in [0.1, 0.15) is 43.0 Å². The summed E-state index contributed by atoms with van der Waals surface area (Å²) in [6, 6.07) is 7.81. The number of carbonyl (C=O) groups is 2. The third-order valence-electron chi connectivity index (χ3n) is 3.64. The second-order valence-electron chi connectivity index (χ2n) is 5.04. The van der Waals surface area contributed by atoms with E-state index in [4.69, 9.17) is 0 Å². The van der Waals surface area contributed by atoms with Gasteiger partial charge in [-0.15, -0.1) is 0 Å². The van der Waals surface area contributed by atoms with Gasteiger partial charge in [-0.25, -0.2) is 4.79 Å². The van der Waals surface area contributed by atoms with Crippen molar-refractivity contribution >= 4 is 11.8 Å². The molecule has 0 fully saturated rings. The minimum Gasteiger partial charge on any atom is -0.507 e. The maximum absolute atomic E-state index is 12.7. The second-order valence-corrected chi connectivity index (χ2v) is 5.04. The summed E-state index contributed by atoms with van der Waals surface area (Å²) < 4.78 is 0. The van der Waals surface area contributed by atoms with Crippen LogP contribution in [-0.4, -0.2) is 22.0 Å². The molecule has 0 unspecified atom stereocenters. The molecule has 2 aromatic rings. The van der Waals surface area contributed by atoms with E-state index in [1.165, 1.54) is 12.1 Å². The van der Waals surface area contributed by atoms with E-state index in [9.17, 15) is 19.8 Å². The van der Waals surface area contributed by atoms with Crippen LogP contribution in [0, 0.1) is 20.8 Å². The van der Waals surface area contributed by atoms with Crippen molar-refractivity contribution < 1.29 is 19.8 Å². The van der Waals surface area contributed by atoms with Crippen molar-refractivity contribution in [2.75, 3.05) is 0 Å². The Bertz CT molecular complexity index is 745. The van der Waals surface area contributed by atoms with Gasteiger partial charge in [0.05, 0.1) is 11.1 Å². The highest BCUT2D eigenvalue weighted by atomic mass is 16.4. The zero-order chi connectivity index (χ0) is 15.7. The lowest BCUT2D eigenvalue weighted by Crippen LogP contribution is -2.11. The summed E-state index contributed by atoms with van der Waals surface area (Å²) in [4.78, 5) is 23.9. The van der Waals surface area contributed by atoms with Gasteiger partial charge < -0.3 is 10.2 Å². The average molecular weight is 284 g/mol. The monoisotopic (exact) mass is 284 g/mol. The summed E-state index contributed by atoms with van der Waals surface area (Å²) in [5.41, 5.74) is 2.29. The zero-order valence-electron chi connectivity index (χ0n) is 12.1. The molecule has 0 radical (unpaired) electrons. The van der Waals surface area contributed by atoms with Crippen LogP contribution < -0.4 is 0 Å². The van der Waals surface area contributed by atoms with E-state index >= 15 is 0 Å². The first-order valence-electron chi connectivity index (χ1n) is 6.51. The van der Waals surface area contributed by atoms with Crippen LogP contribution in [0.15, 0.2) is 30.3 Å². The average Bonchev–Trinajstić information content (AvgIpc) is 2.44. The number of aromatic carboxylic acids is 1. The molecule has 0 amide bonds. The minimum atomic E-state index is -1.17. The summed E-state index contributed by atoms with van der Waals surface area (Å²) in [7, 11) is 0. The molecule has 0 saturated carbocycles. The number of benzene rings is 2. The van der Waals surface area contributed by atoms with Crippen molar-refractivity contribution in [1.29, 1.82) is 0 Å². The highest BCUT2D eigenvalue weighted by Crippen LogP contribution is 2.31. The molecule has 4 nitrogen and oxygen atoms in total. The number of phenolic OH excluding ortho intramolecular Hbond substituents is 1. The summed E-state index contributed by atoms with van der Waals surface area (Å²) in [5, 5.41) is 19.4. The van der Waals surface area contributed by atoms with Crippen molar-refractivity contribution in [3.05, 3.63) is 63.7 Å². The number of rotatable bonds is 3. The number of ketones is 1. The van der Waals surface area contributed by atoms with E-state index in [1.54, 1.807) is 26.0 Å². The Kier molecular flexibility index (Phi) is 3.80. The molecule has 2 rings (SSSR count). The summed E-state index contributed by atoms with van der Waals surface area (Å²) >= 11 is 0. The molecule has 0 aromatic heterocycles. The number of aryl methyl sites for hydroxylation is 2. The van der Waals surface area contributed by atoms with E-state index < -0.39 is 11.8 Å². The lowest BCUT2D eigenvalue weighted by atomic mass is 9.91. The van der Waals surface area contributed by atoms with Gasteiger partial charge in [0.2, 0.25) is 0 Å². The molecule has 2 N–H and O–H groups in total. The number of carboxylic acids is 1. The highest BCUT2D eigenvalue weighted by Gasteiger charge is 2.23. The molecule has 0 spiro atoms. The predicted octanol–water partition coefficient (Wildman–Crippen LogP) is 3.25.